The van der Waals surface area contributed by atoms with Gasteiger partial charge in [0.05, 0.1) is 12.8 Å². The fourth-order valence-corrected chi connectivity index (χ4v) is 3.69. The van der Waals surface area contributed by atoms with Gasteiger partial charge in [-0.2, -0.15) is 0 Å². The monoisotopic (exact) mass is 316 g/mol. The summed E-state index contributed by atoms with van der Waals surface area (Å²) in [7, 11) is 1.58. The van der Waals surface area contributed by atoms with Crippen LogP contribution in [0.3, 0.4) is 0 Å². The lowest BCUT2D eigenvalue weighted by Crippen LogP contribution is -2.56. The Morgan fingerprint density at radius 2 is 2.00 bits per heavy atom. The molecule has 1 aliphatic heterocycles. The molecule has 1 aromatic rings. The Bertz CT molecular complexity index is 610. The molecule has 1 saturated carbocycles. The number of ether oxygens (including phenoxy) is 1. The number of hydrogen-bond acceptors (Lipinski definition) is 3. The topological polar surface area (TPSA) is 58.6 Å². The number of carbonyl (C=O) groups excluding carboxylic acids is 2. The van der Waals surface area contributed by atoms with Gasteiger partial charge in [-0.1, -0.05) is 25.0 Å². The normalized spacial score (nSPS) is 25.0. The minimum Gasteiger partial charge on any atom is -0.495 e. The van der Waals surface area contributed by atoms with Crippen molar-refractivity contribution in [3.05, 3.63) is 24.3 Å². The van der Waals surface area contributed by atoms with Crippen LogP contribution in [0.25, 0.3) is 0 Å². The summed E-state index contributed by atoms with van der Waals surface area (Å²) in [5.41, 5.74) is -0.185. The predicted molar refractivity (Wildman–Crippen MR) is 88.5 cm³/mol. The number of nitrogens with one attached hydrogen (secondary N) is 1. The van der Waals surface area contributed by atoms with Crippen LogP contribution >= 0.6 is 0 Å². The van der Waals surface area contributed by atoms with Gasteiger partial charge in [-0.05, 0) is 38.3 Å². The van der Waals surface area contributed by atoms with Gasteiger partial charge >= 0.3 is 0 Å². The van der Waals surface area contributed by atoms with Crippen molar-refractivity contribution < 1.29 is 14.3 Å². The van der Waals surface area contributed by atoms with Crippen molar-refractivity contribution in [3.8, 4) is 5.75 Å². The first kappa shape index (κ1) is 15.8. The Kier molecular flexibility index (Phi) is 4.28. The molecule has 0 radical (unpaired) electrons. The Labute approximate surface area is 137 Å². The molecular formula is C18H24N2O3. The van der Waals surface area contributed by atoms with E-state index in [2.05, 4.69) is 5.32 Å². The molecular weight excluding hydrogens is 292 g/mol. The van der Waals surface area contributed by atoms with Crippen LogP contribution in [0, 0.1) is 0 Å². The first-order chi connectivity index (χ1) is 11.1. The second-order valence-corrected chi connectivity index (χ2v) is 6.63. The van der Waals surface area contributed by atoms with Gasteiger partial charge in [0.25, 0.3) is 0 Å². The lowest BCUT2D eigenvalue weighted by molar-refractivity contribution is -0.127. The number of anilines is 1. The molecule has 2 fully saturated rings. The Hall–Kier alpha value is -2.04. The number of methoxy groups -OCH3 is 1. The zero-order valence-electron chi connectivity index (χ0n) is 13.8. The molecule has 1 saturated heterocycles. The summed E-state index contributed by atoms with van der Waals surface area (Å²) in [6.45, 7) is 1.86. The molecule has 5 nitrogen and oxygen atoms in total. The maximum absolute atomic E-state index is 12.9. The number of hydrogen-bond donors (Lipinski definition) is 1. The molecule has 124 valence electrons. The summed E-state index contributed by atoms with van der Waals surface area (Å²) in [4.78, 5) is 27.0. The maximum atomic E-state index is 12.9. The number of para-hydroxylation sites is 2. The highest BCUT2D eigenvalue weighted by molar-refractivity contribution is 6.07. The summed E-state index contributed by atoms with van der Waals surface area (Å²) < 4.78 is 5.39. The molecule has 23 heavy (non-hydrogen) atoms. The highest BCUT2D eigenvalue weighted by atomic mass is 16.5. The van der Waals surface area contributed by atoms with E-state index in [0.29, 0.717) is 24.3 Å². The van der Waals surface area contributed by atoms with Gasteiger partial charge in [-0.15, -0.1) is 0 Å². The number of amides is 2. The lowest BCUT2D eigenvalue weighted by atomic mass is 9.96. The van der Waals surface area contributed by atoms with Crippen molar-refractivity contribution in [2.45, 2.75) is 57.0 Å². The molecule has 1 aliphatic carbocycles. The van der Waals surface area contributed by atoms with Crippen molar-refractivity contribution >= 4 is 17.5 Å². The average Bonchev–Trinajstić information content (AvgIpc) is 3.16. The van der Waals surface area contributed by atoms with E-state index >= 15 is 0 Å². The third kappa shape index (κ3) is 2.80. The van der Waals surface area contributed by atoms with Gasteiger partial charge in [0, 0.05) is 12.5 Å². The molecule has 0 spiro atoms. The molecule has 1 N–H and O–H groups in total. The van der Waals surface area contributed by atoms with Gasteiger partial charge in [0.1, 0.15) is 11.3 Å². The van der Waals surface area contributed by atoms with Crippen molar-refractivity contribution in [2.75, 3.05) is 12.0 Å². The SMILES string of the molecule is COc1ccccc1N1C(=O)CC[C@]1(C)C(=O)NC1CCCC1. The third-order valence-corrected chi connectivity index (χ3v) is 5.07. The Balaban J connectivity index is 1.90. The Morgan fingerprint density at radius 1 is 1.30 bits per heavy atom. The summed E-state index contributed by atoms with van der Waals surface area (Å²) >= 11 is 0. The highest BCUT2D eigenvalue weighted by Gasteiger charge is 2.49. The van der Waals surface area contributed by atoms with Gasteiger partial charge in [-0.25, -0.2) is 0 Å². The van der Waals surface area contributed by atoms with E-state index in [1.165, 1.54) is 0 Å². The van der Waals surface area contributed by atoms with Crippen molar-refractivity contribution in [2.24, 2.45) is 0 Å². The first-order valence-electron chi connectivity index (χ1n) is 8.33. The standard InChI is InChI=1S/C18H24N2O3/c1-18(17(22)19-13-7-3-4-8-13)12-11-16(21)20(18)14-9-5-6-10-15(14)23-2/h5-6,9-10,13H,3-4,7-8,11-12H2,1-2H3,(H,19,22)/t18-/m1/s1. The zero-order valence-corrected chi connectivity index (χ0v) is 13.8. The second-order valence-electron chi connectivity index (χ2n) is 6.63. The second kappa shape index (κ2) is 6.22. The molecule has 1 atom stereocenters. The van der Waals surface area contributed by atoms with E-state index in [9.17, 15) is 9.59 Å². The van der Waals surface area contributed by atoms with Gasteiger partial charge in [0.2, 0.25) is 11.8 Å². The smallest absolute Gasteiger partial charge is 0.246 e. The van der Waals surface area contributed by atoms with Crippen LogP contribution in [-0.4, -0.2) is 30.5 Å². The van der Waals surface area contributed by atoms with Crippen molar-refractivity contribution in [1.29, 1.82) is 0 Å². The van der Waals surface area contributed by atoms with Crippen molar-refractivity contribution in [1.82, 2.24) is 5.32 Å². The summed E-state index contributed by atoms with van der Waals surface area (Å²) in [5, 5.41) is 3.15. The fraction of sp³-hybridized carbons (Fsp3) is 0.556. The molecule has 2 aliphatic rings. The molecule has 5 heteroatoms. The van der Waals surface area contributed by atoms with E-state index in [0.717, 1.165) is 25.7 Å². The fourth-order valence-electron chi connectivity index (χ4n) is 3.69. The van der Waals surface area contributed by atoms with Gasteiger partial charge in [0.15, 0.2) is 0 Å². The maximum Gasteiger partial charge on any atom is 0.246 e. The van der Waals surface area contributed by atoms with E-state index in [4.69, 9.17) is 4.74 Å². The minimum atomic E-state index is -0.853. The lowest BCUT2D eigenvalue weighted by Gasteiger charge is -2.35. The molecule has 0 bridgehead atoms. The van der Waals surface area contributed by atoms with Crippen LogP contribution < -0.4 is 15.0 Å². The van der Waals surface area contributed by atoms with E-state index in [1.807, 2.05) is 31.2 Å². The van der Waals surface area contributed by atoms with E-state index < -0.39 is 5.54 Å². The van der Waals surface area contributed by atoms with Crippen LogP contribution in [0.4, 0.5) is 5.69 Å². The molecule has 1 heterocycles. The molecule has 0 unspecified atom stereocenters. The van der Waals surface area contributed by atoms with Crippen LogP contribution in [0.1, 0.15) is 45.4 Å². The quantitative estimate of drug-likeness (QED) is 0.929. The predicted octanol–water partition coefficient (Wildman–Crippen LogP) is 2.64. The van der Waals surface area contributed by atoms with Crippen LogP contribution in [0.2, 0.25) is 0 Å². The van der Waals surface area contributed by atoms with E-state index in [-0.39, 0.29) is 17.9 Å². The number of benzene rings is 1. The van der Waals surface area contributed by atoms with Crippen molar-refractivity contribution in [3.63, 3.8) is 0 Å². The summed E-state index contributed by atoms with van der Waals surface area (Å²) in [6, 6.07) is 7.62. The van der Waals surface area contributed by atoms with Gasteiger partial charge in [-0.3, -0.25) is 14.5 Å². The first-order valence-corrected chi connectivity index (χ1v) is 8.33. The van der Waals surface area contributed by atoms with Crippen LogP contribution in [-0.2, 0) is 9.59 Å². The summed E-state index contributed by atoms with van der Waals surface area (Å²) in [6.07, 6.45) is 5.30. The number of rotatable bonds is 4. The molecule has 1 aromatic carbocycles. The van der Waals surface area contributed by atoms with Crippen LogP contribution in [0.15, 0.2) is 24.3 Å². The van der Waals surface area contributed by atoms with E-state index in [1.54, 1.807) is 12.0 Å². The minimum absolute atomic E-state index is 0.0291. The highest BCUT2D eigenvalue weighted by Crippen LogP contribution is 2.40. The largest absolute Gasteiger partial charge is 0.495 e. The third-order valence-electron chi connectivity index (χ3n) is 5.07. The number of nitrogens with zero attached hydrogens (tertiary/aromatic N) is 1. The number of carbonyl (C=O) groups is 2. The summed E-state index contributed by atoms with van der Waals surface area (Å²) in [5.74, 6) is 0.530. The van der Waals surface area contributed by atoms with Gasteiger partial charge < -0.3 is 10.1 Å². The van der Waals surface area contributed by atoms with Crippen LogP contribution in [0.5, 0.6) is 5.75 Å². The zero-order chi connectivity index (χ0) is 16.4. The molecule has 0 aromatic heterocycles. The average molecular weight is 316 g/mol. The Morgan fingerprint density at radius 3 is 2.70 bits per heavy atom. The molecule has 3 rings (SSSR count). The molecule has 2 amide bonds.